The van der Waals surface area contributed by atoms with Crippen LogP contribution in [0.4, 0.5) is 4.39 Å². The van der Waals surface area contributed by atoms with Gasteiger partial charge in [-0.15, -0.1) is 0 Å². The van der Waals surface area contributed by atoms with Gasteiger partial charge in [0.15, 0.2) is 5.58 Å². The van der Waals surface area contributed by atoms with Crippen molar-refractivity contribution in [3.63, 3.8) is 0 Å². The summed E-state index contributed by atoms with van der Waals surface area (Å²) in [5.41, 5.74) is 0.234. The zero-order chi connectivity index (χ0) is 9.42. The second-order valence-electron chi connectivity index (χ2n) is 2.49. The highest BCUT2D eigenvalue weighted by Gasteiger charge is 2.12. The first-order valence-electron chi connectivity index (χ1n) is 3.49. The molecule has 0 fully saturated rings. The van der Waals surface area contributed by atoms with Crippen molar-refractivity contribution in [1.29, 1.82) is 5.26 Å². The van der Waals surface area contributed by atoms with Crippen LogP contribution in [0.1, 0.15) is 5.56 Å². The van der Waals surface area contributed by atoms with Gasteiger partial charge in [-0.1, -0.05) is 0 Å². The van der Waals surface area contributed by atoms with Gasteiger partial charge in [-0.25, -0.2) is 4.39 Å². The topological polar surface area (TPSA) is 36.9 Å². The first kappa shape index (κ1) is 8.27. The maximum absolute atomic E-state index is 13.1. The van der Waals surface area contributed by atoms with Gasteiger partial charge < -0.3 is 4.42 Å². The Balaban J connectivity index is 2.99. The quantitative estimate of drug-likeness (QED) is 0.708. The average molecular weight is 240 g/mol. The van der Waals surface area contributed by atoms with E-state index < -0.39 is 5.82 Å². The van der Waals surface area contributed by atoms with E-state index in [-0.39, 0.29) is 11.1 Å². The predicted octanol–water partition coefficient (Wildman–Crippen LogP) is 3.21. The van der Waals surface area contributed by atoms with E-state index in [2.05, 4.69) is 15.9 Å². The zero-order valence-electron chi connectivity index (χ0n) is 6.34. The lowest BCUT2D eigenvalue weighted by Gasteiger charge is -1.96. The van der Waals surface area contributed by atoms with Crippen molar-refractivity contribution < 1.29 is 8.81 Å². The van der Waals surface area contributed by atoms with Crippen LogP contribution >= 0.6 is 15.9 Å². The molecule has 0 aliphatic heterocycles. The molecule has 0 amide bonds. The molecule has 4 heteroatoms. The lowest BCUT2D eigenvalue weighted by molar-refractivity contribution is 0.595. The van der Waals surface area contributed by atoms with Crippen molar-refractivity contribution in [2.75, 3.05) is 0 Å². The average Bonchev–Trinajstić information content (AvgIpc) is 2.53. The molecule has 1 aromatic carbocycles. The van der Waals surface area contributed by atoms with Crippen LogP contribution in [0.25, 0.3) is 11.0 Å². The van der Waals surface area contributed by atoms with Gasteiger partial charge in [0.2, 0.25) is 0 Å². The Morgan fingerprint density at radius 1 is 1.54 bits per heavy atom. The Morgan fingerprint density at radius 2 is 2.31 bits per heavy atom. The monoisotopic (exact) mass is 239 g/mol. The predicted molar refractivity (Wildman–Crippen MR) is 48.6 cm³/mol. The lowest BCUT2D eigenvalue weighted by atomic mass is 10.1. The minimum absolute atomic E-state index is 0.0526. The fourth-order valence-corrected chi connectivity index (χ4v) is 1.68. The van der Waals surface area contributed by atoms with E-state index in [1.165, 1.54) is 12.3 Å². The maximum atomic E-state index is 13.1. The molecule has 0 N–H and O–H groups in total. The lowest BCUT2D eigenvalue weighted by Crippen LogP contribution is -1.84. The maximum Gasteiger partial charge on any atom is 0.155 e. The number of fused-ring (bicyclic) bond motifs is 1. The van der Waals surface area contributed by atoms with Gasteiger partial charge in [-0.3, -0.25) is 0 Å². The van der Waals surface area contributed by atoms with E-state index >= 15 is 0 Å². The first-order chi connectivity index (χ1) is 6.24. The first-order valence-corrected chi connectivity index (χ1v) is 4.28. The fourth-order valence-electron chi connectivity index (χ4n) is 1.16. The van der Waals surface area contributed by atoms with Crippen LogP contribution in [0.2, 0.25) is 0 Å². The summed E-state index contributed by atoms with van der Waals surface area (Å²) < 4.78 is 18.7. The summed E-state index contributed by atoms with van der Waals surface area (Å²) in [6, 6.07) is 4.70. The molecule has 0 radical (unpaired) electrons. The molecule has 0 unspecified atom stereocenters. The SMILES string of the molecule is N#Cc1c(F)cc(Br)c2ccoc12. The van der Waals surface area contributed by atoms with Crippen LogP contribution in [0, 0.1) is 17.1 Å². The molecule has 64 valence electrons. The van der Waals surface area contributed by atoms with Crippen molar-refractivity contribution in [2.45, 2.75) is 0 Å². The highest BCUT2D eigenvalue weighted by molar-refractivity contribution is 9.10. The van der Waals surface area contributed by atoms with Gasteiger partial charge in [-0.2, -0.15) is 5.26 Å². The van der Waals surface area contributed by atoms with Crippen molar-refractivity contribution in [3.8, 4) is 6.07 Å². The molecule has 2 aromatic rings. The highest BCUT2D eigenvalue weighted by Crippen LogP contribution is 2.29. The minimum atomic E-state index is -0.572. The van der Waals surface area contributed by atoms with Gasteiger partial charge in [-0.05, 0) is 28.1 Å². The number of nitrogens with zero attached hydrogens (tertiary/aromatic N) is 1. The Morgan fingerprint density at radius 3 is 3.00 bits per heavy atom. The molecule has 1 aromatic heterocycles. The zero-order valence-corrected chi connectivity index (χ0v) is 7.93. The standard InChI is InChI=1S/C9H3BrFNO/c10-7-3-8(11)6(4-12)9-5(7)1-2-13-9/h1-3H. The summed E-state index contributed by atoms with van der Waals surface area (Å²) >= 11 is 3.18. The van der Waals surface area contributed by atoms with E-state index in [1.807, 2.05) is 0 Å². The number of benzene rings is 1. The van der Waals surface area contributed by atoms with Gasteiger partial charge >= 0.3 is 0 Å². The summed E-state index contributed by atoms with van der Waals surface area (Å²) in [6.45, 7) is 0. The molecule has 0 spiro atoms. The van der Waals surface area contributed by atoms with E-state index in [1.54, 1.807) is 12.1 Å². The van der Waals surface area contributed by atoms with Crippen LogP contribution in [0.15, 0.2) is 27.3 Å². The van der Waals surface area contributed by atoms with Gasteiger partial charge in [0.25, 0.3) is 0 Å². The third kappa shape index (κ3) is 1.12. The highest BCUT2D eigenvalue weighted by atomic mass is 79.9. The Labute approximate surface area is 81.7 Å². The molecule has 0 saturated heterocycles. The molecule has 2 nitrogen and oxygen atoms in total. The largest absolute Gasteiger partial charge is 0.463 e. The van der Waals surface area contributed by atoms with Crippen molar-refractivity contribution >= 4 is 26.9 Å². The number of furan rings is 1. The van der Waals surface area contributed by atoms with E-state index in [0.717, 1.165) is 0 Å². The Bertz CT molecular complexity index is 512. The molecule has 0 saturated carbocycles. The molecule has 0 aliphatic carbocycles. The fraction of sp³-hybridized carbons (Fsp3) is 0. The number of halogens is 2. The number of hydrogen-bond acceptors (Lipinski definition) is 2. The summed E-state index contributed by atoms with van der Waals surface area (Å²) in [5, 5.41) is 9.37. The normalized spacial score (nSPS) is 10.2. The van der Waals surface area contributed by atoms with E-state index in [0.29, 0.717) is 9.86 Å². The van der Waals surface area contributed by atoms with Crippen LogP contribution < -0.4 is 0 Å². The van der Waals surface area contributed by atoms with Gasteiger partial charge in [0, 0.05) is 9.86 Å². The Hall–Kier alpha value is -1.34. The third-order valence-corrected chi connectivity index (χ3v) is 2.41. The van der Waals surface area contributed by atoms with Crippen LogP contribution in [0.5, 0.6) is 0 Å². The molecule has 13 heavy (non-hydrogen) atoms. The smallest absolute Gasteiger partial charge is 0.155 e. The van der Waals surface area contributed by atoms with Crippen molar-refractivity contribution in [3.05, 3.63) is 34.2 Å². The summed E-state index contributed by atoms with van der Waals surface area (Å²) in [5.74, 6) is -0.572. The number of nitriles is 1. The Kier molecular flexibility index (Phi) is 1.82. The van der Waals surface area contributed by atoms with Crippen molar-refractivity contribution in [1.82, 2.24) is 0 Å². The van der Waals surface area contributed by atoms with Crippen LogP contribution in [-0.2, 0) is 0 Å². The number of rotatable bonds is 0. The van der Waals surface area contributed by atoms with Gasteiger partial charge in [0.1, 0.15) is 17.4 Å². The molecule has 1 heterocycles. The van der Waals surface area contributed by atoms with Gasteiger partial charge in [0.05, 0.1) is 6.26 Å². The molecular weight excluding hydrogens is 237 g/mol. The third-order valence-electron chi connectivity index (χ3n) is 1.75. The number of hydrogen-bond donors (Lipinski definition) is 0. The molecule has 2 rings (SSSR count). The van der Waals surface area contributed by atoms with E-state index in [9.17, 15) is 4.39 Å². The summed E-state index contributed by atoms with van der Waals surface area (Å²) in [7, 11) is 0. The van der Waals surface area contributed by atoms with Crippen LogP contribution in [0.3, 0.4) is 0 Å². The second kappa shape index (κ2) is 2.86. The minimum Gasteiger partial charge on any atom is -0.463 e. The van der Waals surface area contributed by atoms with Crippen molar-refractivity contribution in [2.24, 2.45) is 0 Å². The summed E-state index contributed by atoms with van der Waals surface area (Å²) in [4.78, 5) is 0. The molecule has 0 atom stereocenters. The molecule has 0 bridgehead atoms. The molecular formula is C9H3BrFNO. The summed E-state index contributed by atoms with van der Waals surface area (Å²) in [6.07, 6.45) is 1.43. The van der Waals surface area contributed by atoms with Crippen LogP contribution in [-0.4, -0.2) is 0 Å². The second-order valence-corrected chi connectivity index (χ2v) is 3.34. The molecule has 0 aliphatic rings. The van der Waals surface area contributed by atoms with E-state index in [4.69, 9.17) is 9.68 Å².